The van der Waals surface area contributed by atoms with Crippen LogP contribution >= 0.6 is 0 Å². The monoisotopic (exact) mass is 253 g/mol. The molecule has 18 heavy (non-hydrogen) atoms. The third-order valence-electron chi connectivity index (χ3n) is 3.74. The lowest BCUT2D eigenvalue weighted by molar-refractivity contribution is 0.131. The molecule has 3 heteroatoms. The van der Waals surface area contributed by atoms with Crippen LogP contribution in [0.1, 0.15) is 33.3 Å². The average Bonchev–Trinajstić information content (AvgIpc) is 2.23. The smallest absolute Gasteiger partial charge is 0.125 e. The molecule has 0 spiro atoms. The van der Waals surface area contributed by atoms with E-state index in [0.29, 0.717) is 0 Å². The van der Waals surface area contributed by atoms with Crippen molar-refractivity contribution in [3.63, 3.8) is 0 Å². The van der Waals surface area contributed by atoms with Crippen LogP contribution in [-0.2, 0) is 0 Å². The number of aryl methyl sites for hydroxylation is 1. The highest BCUT2D eigenvalue weighted by Crippen LogP contribution is 2.31. The van der Waals surface area contributed by atoms with Crippen molar-refractivity contribution in [2.45, 2.75) is 40.2 Å². The van der Waals surface area contributed by atoms with Crippen molar-refractivity contribution in [2.75, 3.05) is 11.9 Å². The summed E-state index contributed by atoms with van der Waals surface area (Å²) in [5, 5.41) is 13.1. The van der Waals surface area contributed by atoms with E-state index in [1.165, 1.54) is 12.1 Å². The van der Waals surface area contributed by atoms with E-state index in [-0.39, 0.29) is 24.3 Å². The lowest BCUT2D eigenvalue weighted by atomic mass is 9.77. The van der Waals surface area contributed by atoms with E-state index in [4.69, 9.17) is 0 Å². The first kappa shape index (κ1) is 15.0. The first-order valence-electron chi connectivity index (χ1n) is 6.48. The second-order valence-electron chi connectivity index (χ2n) is 5.65. The highest BCUT2D eigenvalue weighted by atomic mass is 19.1. The van der Waals surface area contributed by atoms with Gasteiger partial charge in [0, 0.05) is 5.69 Å². The third-order valence-corrected chi connectivity index (χ3v) is 3.74. The van der Waals surface area contributed by atoms with Gasteiger partial charge in [-0.05, 0) is 42.5 Å². The van der Waals surface area contributed by atoms with Gasteiger partial charge in [-0.15, -0.1) is 0 Å². The maximum Gasteiger partial charge on any atom is 0.125 e. The Balaban J connectivity index is 3.10. The quantitative estimate of drug-likeness (QED) is 0.840. The van der Waals surface area contributed by atoms with Gasteiger partial charge in [0.05, 0.1) is 12.1 Å². The molecule has 1 aromatic rings. The summed E-state index contributed by atoms with van der Waals surface area (Å²) in [6.45, 7) is 10.1. The topological polar surface area (TPSA) is 32.3 Å². The van der Waals surface area contributed by atoms with Crippen LogP contribution in [0.4, 0.5) is 10.1 Å². The maximum atomic E-state index is 13.4. The Morgan fingerprint density at radius 2 is 1.72 bits per heavy atom. The standard InChI is InChI=1S/C15H24FNO/c1-10(2)15(9-18,11(3)4)17-14-7-12(5)6-13(16)8-14/h6-8,10-11,17-18H,9H2,1-5H3. The maximum absolute atomic E-state index is 13.4. The fourth-order valence-corrected chi connectivity index (χ4v) is 2.44. The van der Waals surface area contributed by atoms with E-state index < -0.39 is 5.54 Å². The minimum Gasteiger partial charge on any atom is -0.394 e. The summed E-state index contributed by atoms with van der Waals surface area (Å²) in [5.41, 5.74) is 1.17. The Morgan fingerprint density at radius 3 is 2.11 bits per heavy atom. The summed E-state index contributed by atoms with van der Waals surface area (Å²) in [5.74, 6) is 0.231. The molecule has 102 valence electrons. The SMILES string of the molecule is Cc1cc(F)cc(NC(CO)(C(C)C)C(C)C)c1. The van der Waals surface area contributed by atoms with Crippen molar-refractivity contribution >= 4 is 5.69 Å². The van der Waals surface area contributed by atoms with Gasteiger partial charge in [-0.2, -0.15) is 0 Å². The Kier molecular flexibility index (Phi) is 4.74. The van der Waals surface area contributed by atoms with Gasteiger partial charge in [0.2, 0.25) is 0 Å². The highest BCUT2D eigenvalue weighted by molar-refractivity contribution is 5.48. The zero-order valence-electron chi connectivity index (χ0n) is 11.9. The van der Waals surface area contributed by atoms with E-state index in [9.17, 15) is 9.50 Å². The largest absolute Gasteiger partial charge is 0.394 e. The van der Waals surface area contributed by atoms with Gasteiger partial charge < -0.3 is 10.4 Å². The van der Waals surface area contributed by atoms with Gasteiger partial charge in [-0.25, -0.2) is 4.39 Å². The fraction of sp³-hybridized carbons (Fsp3) is 0.600. The zero-order valence-corrected chi connectivity index (χ0v) is 11.9. The lowest BCUT2D eigenvalue weighted by Gasteiger charge is -2.41. The van der Waals surface area contributed by atoms with E-state index in [2.05, 4.69) is 33.0 Å². The number of hydrogen-bond acceptors (Lipinski definition) is 2. The van der Waals surface area contributed by atoms with E-state index in [1.807, 2.05) is 13.0 Å². The number of aliphatic hydroxyl groups is 1. The van der Waals surface area contributed by atoms with Crippen LogP contribution in [0, 0.1) is 24.6 Å². The first-order chi connectivity index (χ1) is 8.31. The molecule has 0 saturated carbocycles. The molecule has 0 aromatic heterocycles. The van der Waals surface area contributed by atoms with Crippen LogP contribution in [0.25, 0.3) is 0 Å². The van der Waals surface area contributed by atoms with Gasteiger partial charge in [0.15, 0.2) is 0 Å². The van der Waals surface area contributed by atoms with Gasteiger partial charge in [0.25, 0.3) is 0 Å². The van der Waals surface area contributed by atoms with Crippen LogP contribution in [0.15, 0.2) is 18.2 Å². The molecule has 0 fully saturated rings. The van der Waals surface area contributed by atoms with Gasteiger partial charge >= 0.3 is 0 Å². The average molecular weight is 253 g/mol. The number of benzene rings is 1. The molecule has 2 N–H and O–H groups in total. The third kappa shape index (κ3) is 3.02. The Bertz CT molecular complexity index is 373. The normalized spacial score (nSPS) is 12.3. The van der Waals surface area contributed by atoms with Crippen molar-refractivity contribution in [2.24, 2.45) is 11.8 Å². The Morgan fingerprint density at radius 1 is 1.17 bits per heavy atom. The summed E-state index contributed by atoms with van der Waals surface area (Å²) in [4.78, 5) is 0. The fourth-order valence-electron chi connectivity index (χ4n) is 2.44. The molecule has 0 amide bonds. The Labute approximate surface area is 109 Å². The van der Waals surface area contributed by atoms with Crippen LogP contribution in [0.5, 0.6) is 0 Å². The molecular formula is C15H24FNO. The van der Waals surface area contributed by atoms with Crippen molar-refractivity contribution in [1.82, 2.24) is 0 Å². The molecule has 1 rings (SSSR count). The molecule has 0 atom stereocenters. The molecular weight excluding hydrogens is 229 g/mol. The summed E-state index contributed by atoms with van der Waals surface area (Å²) in [6, 6.07) is 4.87. The minimum absolute atomic E-state index is 0.0257. The minimum atomic E-state index is -0.430. The lowest BCUT2D eigenvalue weighted by Crippen LogP contribution is -2.51. The van der Waals surface area contributed by atoms with Gasteiger partial charge in [-0.1, -0.05) is 27.7 Å². The second kappa shape index (κ2) is 5.70. The van der Waals surface area contributed by atoms with E-state index in [0.717, 1.165) is 11.3 Å². The first-order valence-corrected chi connectivity index (χ1v) is 6.48. The van der Waals surface area contributed by atoms with Crippen molar-refractivity contribution in [1.29, 1.82) is 0 Å². The van der Waals surface area contributed by atoms with Crippen LogP contribution in [-0.4, -0.2) is 17.3 Å². The van der Waals surface area contributed by atoms with Gasteiger partial charge in [-0.3, -0.25) is 0 Å². The van der Waals surface area contributed by atoms with E-state index >= 15 is 0 Å². The number of aliphatic hydroxyl groups excluding tert-OH is 1. The number of halogens is 1. The molecule has 2 nitrogen and oxygen atoms in total. The number of rotatable bonds is 5. The van der Waals surface area contributed by atoms with Crippen LogP contribution in [0.3, 0.4) is 0 Å². The Hall–Kier alpha value is -1.09. The molecule has 0 unspecified atom stereocenters. The number of anilines is 1. The highest BCUT2D eigenvalue weighted by Gasteiger charge is 2.36. The predicted octanol–water partition coefficient (Wildman–Crippen LogP) is 3.59. The van der Waals surface area contributed by atoms with E-state index in [1.54, 1.807) is 0 Å². The van der Waals surface area contributed by atoms with Crippen molar-refractivity contribution < 1.29 is 9.50 Å². The summed E-state index contributed by atoms with van der Waals surface area (Å²) in [6.07, 6.45) is 0. The number of nitrogens with one attached hydrogen (secondary N) is 1. The summed E-state index contributed by atoms with van der Waals surface area (Å²) in [7, 11) is 0. The summed E-state index contributed by atoms with van der Waals surface area (Å²) >= 11 is 0. The molecule has 0 radical (unpaired) electrons. The second-order valence-corrected chi connectivity index (χ2v) is 5.65. The molecule has 0 saturated heterocycles. The van der Waals surface area contributed by atoms with Crippen LogP contribution in [0.2, 0.25) is 0 Å². The zero-order chi connectivity index (χ0) is 13.9. The van der Waals surface area contributed by atoms with Crippen molar-refractivity contribution in [3.8, 4) is 0 Å². The summed E-state index contributed by atoms with van der Waals surface area (Å²) < 4.78 is 13.4. The molecule has 0 bridgehead atoms. The molecule has 0 aliphatic carbocycles. The molecule has 0 aliphatic heterocycles. The predicted molar refractivity (Wildman–Crippen MR) is 74.3 cm³/mol. The van der Waals surface area contributed by atoms with Crippen LogP contribution < -0.4 is 5.32 Å². The number of hydrogen-bond donors (Lipinski definition) is 2. The van der Waals surface area contributed by atoms with Gasteiger partial charge in [0.1, 0.15) is 5.82 Å². The molecule has 1 aromatic carbocycles. The van der Waals surface area contributed by atoms with Crippen molar-refractivity contribution in [3.05, 3.63) is 29.6 Å². The molecule has 0 aliphatic rings. The molecule has 0 heterocycles.